The van der Waals surface area contributed by atoms with Crippen LogP contribution in [0, 0.1) is 0 Å². The summed E-state index contributed by atoms with van der Waals surface area (Å²) in [6.45, 7) is -0.216. The summed E-state index contributed by atoms with van der Waals surface area (Å²) in [5, 5.41) is 3.26. The van der Waals surface area contributed by atoms with Crippen molar-refractivity contribution in [3.8, 4) is 0 Å². The molecule has 0 bridgehead atoms. The molecule has 0 unspecified atom stereocenters. The molecular weight excluding hydrogens is 460 g/mol. The highest BCUT2D eigenvalue weighted by molar-refractivity contribution is 6.06. The summed E-state index contributed by atoms with van der Waals surface area (Å²) in [6.07, 6.45) is 4.09. The van der Waals surface area contributed by atoms with Crippen LogP contribution < -0.4 is 5.32 Å². The van der Waals surface area contributed by atoms with Gasteiger partial charge in [0.15, 0.2) is 0 Å². The van der Waals surface area contributed by atoms with Crippen molar-refractivity contribution in [3.63, 3.8) is 0 Å². The van der Waals surface area contributed by atoms with E-state index >= 15 is 0 Å². The molecule has 2 aromatic rings. The summed E-state index contributed by atoms with van der Waals surface area (Å²) < 4.78 is 10.7. The van der Waals surface area contributed by atoms with Gasteiger partial charge in [0.25, 0.3) is 0 Å². The molecule has 4 rings (SSSR count). The standard InChI is InChI=1S/C28H32N2O6/c31-24(35-19-21-10-4-1-5-11-21)15-14-23-26(33)30(27(34)28(29-23)16-8-3-9-17-28)18-25(32)36-20-22-12-6-2-7-13-22/h1-2,4-7,10-13,23,29H,3,8-9,14-20H2/t23-/m0/s1. The van der Waals surface area contributed by atoms with Crippen molar-refractivity contribution in [1.82, 2.24) is 10.2 Å². The zero-order chi connectivity index (χ0) is 25.4. The molecule has 2 amide bonds. The van der Waals surface area contributed by atoms with Crippen molar-refractivity contribution in [3.05, 3.63) is 71.8 Å². The lowest BCUT2D eigenvalue weighted by molar-refractivity contribution is -0.165. The van der Waals surface area contributed by atoms with Crippen LogP contribution in [-0.2, 0) is 41.9 Å². The first-order chi connectivity index (χ1) is 17.5. The second-order valence-electron chi connectivity index (χ2n) is 9.40. The highest BCUT2D eigenvalue weighted by Crippen LogP contribution is 2.34. The number of carbonyl (C=O) groups excluding carboxylic acids is 4. The Bertz CT molecular complexity index is 1070. The zero-order valence-corrected chi connectivity index (χ0v) is 20.3. The van der Waals surface area contributed by atoms with Crippen molar-refractivity contribution in [2.45, 2.75) is 69.7 Å². The van der Waals surface area contributed by atoms with Crippen molar-refractivity contribution in [1.29, 1.82) is 0 Å². The molecule has 36 heavy (non-hydrogen) atoms. The highest BCUT2D eigenvalue weighted by atomic mass is 16.5. The van der Waals surface area contributed by atoms with Gasteiger partial charge in [-0.1, -0.05) is 79.9 Å². The van der Waals surface area contributed by atoms with Crippen LogP contribution in [0.2, 0.25) is 0 Å². The van der Waals surface area contributed by atoms with E-state index in [9.17, 15) is 19.2 Å². The van der Waals surface area contributed by atoms with E-state index in [1.54, 1.807) is 0 Å². The van der Waals surface area contributed by atoms with Crippen LogP contribution in [0.5, 0.6) is 0 Å². The maximum atomic E-state index is 13.4. The molecule has 1 aliphatic heterocycles. The van der Waals surface area contributed by atoms with Crippen molar-refractivity contribution < 1.29 is 28.7 Å². The Morgan fingerprint density at radius 3 is 1.97 bits per heavy atom. The predicted octanol–water partition coefficient (Wildman–Crippen LogP) is 3.28. The maximum Gasteiger partial charge on any atom is 0.326 e. The number of rotatable bonds is 9. The second-order valence-corrected chi connectivity index (χ2v) is 9.40. The Morgan fingerprint density at radius 1 is 0.833 bits per heavy atom. The first-order valence-corrected chi connectivity index (χ1v) is 12.5. The number of carbonyl (C=O) groups is 4. The first kappa shape index (κ1) is 25.6. The van der Waals surface area contributed by atoms with E-state index in [1.165, 1.54) is 0 Å². The minimum absolute atomic E-state index is 0.0206. The van der Waals surface area contributed by atoms with Gasteiger partial charge in [-0.25, -0.2) is 0 Å². The zero-order valence-electron chi connectivity index (χ0n) is 20.3. The summed E-state index contributed by atoms with van der Waals surface area (Å²) in [4.78, 5) is 52.6. The van der Waals surface area contributed by atoms with Gasteiger partial charge in [-0.2, -0.15) is 0 Å². The van der Waals surface area contributed by atoms with Crippen LogP contribution >= 0.6 is 0 Å². The SMILES string of the molecule is O=C(CC[C@@H]1NC2(CCCCC2)C(=O)N(CC(=O)OCc2ccccc2)C1=O)OCc1ccccc1. The third-order valence-corrected chi connectivity index (χ3v) is 6.79. The summed E-state index contributed by atoms with van der Waals surface area (Å²) in [5.74, 6) is -1.96. The number of piperazine rings is 1. The minimum Gasteiger partial charge on any atom is -0.461 e. The quantitative estimate of drug-likeness (QED) is 0.423. The maximum absolute atomic E-state index is 13.4. The van der Waals surface area contributed by atoms with Gasteiger partial charge >= 0.3 is 11.9 Å². The number of hydrogen-bond donors (Lipinski definition) is 1. The molecule has 1 saturated heterocycles. The molecule has 8 heteroatoms. The molecule has 1 saturated carbocycles. The number of imide groups is 1. The molecule has 1 N–H and O–H groups in total. The molecule has 2 aromatic carbocycles. The fourth-order valence-electron chi connectivity index (χ4n) is 4.85. The number of nitrogens with zero attached hydrogens (tertiary/aromatic N) is 1. The molecule has 190 valence electrons. The number of benzene rings is 2. The molecular formula is C28H32N2O6. The molecule has 0 radical (unpaired) electrons. The van der Waals surface area contributed by atoms with Gasteiger partial charge < -0.3 is 9.47 Å². The van der Waals surface area contributed by atoms with Crippen molar-refractivity contribution in [2.75, 3.05) is 6.54 Å². The lowest BCUT2D eigenvalue weighted by Crippen LogP contribution is -2.71. The lowest BCUT2D eigenvalue weighted by Gasteiger charge is -2.46. The number of hydrogen-bond acceptors (Lipinski definition) is 7. The van der Waals surface area contributed by atoms with Gasteiger partial charge in [-0.3, -0.25) is 29.4 Å². The normalized spacial score (nSPS) is 19.2. The summed E-state index contributed by atoms with van der Waals surface area (Å²) in [7, 11) is 0. The fourth-order valence-corrected chi connectivity index (χ4v) is 4.85. The predicted molar refractivity (Wildman–Crippen MR) is 131 cm³/mol. The first-order valence-electron chi connectivity index (χ1n) is 12.5. The second kappa shape index (κ2) is 11.9. The van der Waals surface area contributed by atoms with Crippen LogP contribution in [0.1, 0.15) is 56.1 Å². The molecule has 1 heterocycles. The van der Waals surface area contributed by atoms with Crippen LogP contribution in [0.15, 0.2) is 60.7 Å². The van der Waals surface area contributed by atoms with Gasteiger partial charge in [0.2, 0.25) is 11.8 Å². The van der Waals surface area contributed by atoms with E-state index in [0.29, 0.717) is 12.8 Å². The largest absolute Gasteiger partial charge is 0.461 e. The summed E-state index contributed by atoms with van der Waals surface area (Å²) in [5.41, 5.74) is 0.800. The Balaban J connectivity index is 1.38. The van der Waals surface area contributed by atoms with Gasteiger partial charge in [0.05, 0.1) is 11.6 Å². The Labute approximate surface area is 210 Å². The van der Waals surface area contributed by atoms with Crippen LogP contribution in [-0.4, -0.2) is 46.8 Å². The van der Waals surface area contributed by atoms with Gasteiger partial charge in [-0.15, -0.1) is 0 Å². The van der Waals surface area contributed by atoms with Gasteiger partial charge in [0.1, 0.15) is 19.8 Å². The highest BCUT2D eigenvalue weighted by Gasteiger charge is 2.51. The summed E-state index contributed by atoms with van der Waals surface area (Å²) in [6, 6.07) is 17.8. The lowest BCUT2D eigenvalue weighted by atomic mass is 9.78. The molecule has 1 spiro atoms. The fraction of sp³-hybridized carbons (Fsp3) is 0.429. The van der Waals surface area contributed by atoms with Crippen LogP contribution in [0.3, 0.4) is 0 Å². The molecule has 0 aromatic heterocycles. The Kier molecular flexibility index (Phi) is 8.48. The summed E-state index contributed by atoms with van der Waals surface area (Å²) >= 11 is 0. The van der Waals surface area contributed by atoms with Gasteiger partial charge in [-0.05, 0) is 30.4 Å². The van der Waals surface area contributed by atoms with E-state index in [2.05, 4.69) is 5.32 Å². The average Bonchev–Trinajstić information content (AvgIpc) is 2.92. The molecule has 2 fully saturated rings. The topological polar surface area (TPSA) is 102 Å². The Morgan fingerprint density at radius 2 is 1.39 bits per heavy atom. The number of ether oxygens (including phenoxy) is 2. The van der Waals surface area contributed by atoms with E-state index < -0.39 is 36.0 Å². The average molecular weight is 493 g/mol. The van der Waals surface area contributed by atoms with E-state index in [4.69, 9.17) is 9.47 Å². The number of amides is 2. The molecule has 1 atom stereocenters. The smallest absolute Gasteiger partial charge is 0.326 e. The molecule has 2 aliphatic rings. The van der Waals surface area contributed by atoms with Crippen molar-refractivity contribution >= 4 is 23.8 Å². The molecule has 1 aliphatic carbocycles. The molecule has 8 nitrogen and oxygen atoms in total. The van der Waals surface area contributed by atoms with E-state index in [0.717, 1.165) is 35.3 Å². The van der Waals surface area contributed by atoms with Crippen LogP contribution in [0.25, 0.3) is 0 Å². The monoisotopic (exact) mass is 492 g/mol. The third kappa shape index (κ3) is 6.37. The van der Waals surface area contributed by atoms with Crippen LogP contribution in [0.4, 0.5) is 0 Å². The Hall–Kier alpha value is -3.52. The van der Waals surface area contributed by atoms with Crippen molar-refractivity contribution in [2.24, 2.45) is 0 Å². The minimum atomic E-state index is -0.898. The third-order valence-electron chi connectivity index (χ3n) is 6.79. The number of nitrogens with one attached hydrogen (secondary N) is 1. The van der Waals surface area contributed by atoms with Gasteiger partial charge in [0, 0.05) is 6.42 Å². The van der Waals surface area contributed by atoms with E-state index in [1.807, 2.05) is 60.7 Å². The van der Waals surface area contributed by atoms with E-state index in [-0.39, 0.29) is 32.0 Å². The number of esters is 2.